The summed E-state index contributed by atoms with van der Waals surface area (Å²) in [4.78, 5) is 1.17. The van der Waals surface area contributed by atoms with Gasteiger partial charge in [0.15, 0.2) is 0 Å². The SMILES string of the molecule is CSc1c2c(c3sccc3c1C#N)-c1ccccc1CC2. The van der Waals surface area contributed by atoms with Gasteiger partial charge >= 0.3 is 0 Å². The molecule has 4 rings (SSSR count). The third-order valence-electron chi connectivity index (χ3n) is 4.21. The Morgan fingerprint density at radius 1 is 1.19 bits per heavy atom. The molecule has 1 aromatic heterocycles. The predicted octanol–water partition coefficient (Wildman–Crippen LogP) is 5.26. The van der Waals surface area contributed by atoms with Crippen molar-refractivity contribution in [1.29, 1.82) is 5.26 Å². The third-order valence-corrected chi connectivity index (χ3v) is 6.00. The largest absolute Gasteiger partial charge is 0.192 e. The standard InChI is InChI=1S/C18H13NS2/c1-20-17-14-7-6-11-4-2-3-5-12(11)16(14)18-13(8-9-21-18)15(17)10-19/h2-5,8-9H,6-7H2,1H3. The highest BCUT2D eigenvalue weighted by Gasteiger charge is 2.25. The van der Waals surface area contributed by atoms with Crippen LogP contribution in [0.2, 0.25) is 0 Å². The van der Waals surface area contributed by atoms with Crippen molar-refractivity contribution >= 4 is 33.2 Å². The molecule has 1 aliphatic carbocycles. The van der Waals surface area contributed by atoms with E-state index in [4.69, 9.17) is 0 Å². The second-order valence-corrected chi connectivity index (χ2v) is 6.93. The molecule has 0 spiro atoms. The van der Waals surface area contributed by atoms with Crippen LogP contribution >= 0.6 is 23.1 Å². The summed E-state index contributed by atoms with van der Waals surface area (Å²) in [5.74, 6) is 0. The first kappa shape index (κ1) is 12.9. The second kappa shape index (κ2) is 4.91. The molecule has 1 nitrogen and oxygen atoms in total. The zero-order valence-electron chi connectivity index (χ0n) is 11.6. The summed E-state index contributed by atoms with van der Waals surface area (Å²) < 4.78 is 1.27. The van der Waals surface area contributed by atoms with Crippen LogP contribution in [0.15, 0.2) is 40.6 Å². The molecule has 0 saturated carbocycles. The van der Waals surface area contributed by atoms with Crippen LogP contribution in [0.5, 0.6) is 0 Å². The van der Waals surface area contributed by atoms with Crippen molar-refractivity contribution in [2.24, 2.45) is 0 Å². The number of thiophene rings is 1. The van der Waals surface area contributed by atoms with E-state index in [9.17, 15) is 5.26 Å². The van der Waals surface area contributed by atoms with E-state index < -0.39 is 0 Å². The summed E-state index contributed by atoms with van der Waals surface area (Å²) in [5.41, 5.74) is 6.37. The van der Waals surface area contributed by atoms with Crippen molar-refractivity contribution in [2.75, 3.05) is 6.26 Å². The number of nitriles is 1. The number of fused-ring (bicyclic) bond motifs is 5. The highest BCUT2D eigenvalue weighted by molar-refractivity contribution is 7.98. The molecule has 0 N–H and O–H groups in total. The first-order valence-corrected chi connectivity index (χ1v) is 9.04. The van der Waals surface area contributed by atoms with Gasteiger partial charge in [0.1, 0.15) is 6.07 Å². The lowest BCUT2D eigenvalue weighted by molar-refractivity contribution is 0.920. The van der Waals surface area contributed by atoms with Crippen molar-refractivity contribution in [3.8, 4) is 17.2 Å². The van der Waals surface area contributed by atoms with E-state index in [1.54, 1.807) is 23.1 Å². The quantitative estimate of drug-likeness (QED) is 0.572. The third kappa shape index (κ3) is 1.76. The van der Waals surface area contributed by atoms with Crippen molar-refractivity contribution in [2.45, 2.75) is 17.7 Å². The Bertz CT molecular complexity index is 899. The smallest absolute Gasteiger partial charge is 0.101 e. The number of hydrogen-bond acceptors (Lipinski definition) is 3. The molecule has 0 bridgehead atoms. The molecule has 0 atom stereocenters. The Labute approximate surface area is 132 Å². The number of aryl methyl sites for hydroxylation is 1. The van der Waals surface area contributed by atoms with Gasteiger partial charge in [0, 0.05) is 20.5 Å². The molecule has 1 heterocycles. The molecule has 3 heteroatoms. The van der Waals surface area contributed by atoms with Crippen LogP contribution in [-0.2, 0) is 12.8 Å². The Hall–Kier alpha value is -1.76. The van der Waals surface area contributed by atoms with Crippen LogP contribution in [0, 0.1) is 11.3 Å². The number of hydrogen-bond donors (Lipinski definition) is 0. The minimum absolute atomic E-state index is 0.858. The number of rotatable bonds is 1. The molecule has 3 aromatic rings. The van der Waals surface area contributed by atoms with E-state index in [1.807, 2.05) is 0 Å². The fourth-order valence-electron chi connectivity index (χ4n) is 3.33. The number of benzene rings is 2. The molecular formula is C18H13NS2. The first-order chi connectivity index (χ1) is 10.3. The summed E-state index contributed by atoms with van der Waals surface area (Å²) >= 11 is 3.46. The van der Waals surface area contributed by atoms with Crippen LogP contribution in [0.1, 0.15) is 16.7 Å². The molecule has 0 aliphatic heterocycles. The van der Waals surface area contributed by atoms with Gasteiger partial charge in [0.2, 0.25) is 0 Å². The molecule has 0 radical (unpaired) electrons. The van der Waals surface area contributed by atoms with Gasteiger partial charge in [0.25, 0.3) is 0 Å². The number of thioether (sulfide) groups is 1. The van der Waals surface area contributed by atoms with Crippen LogP contribution in [0.25, 0.3) is 21.2 Å². The van der Waals surface area contributed by atoms with Crippen LogP contribution in [-0.4, -0.2) is 6.26 Å². The Balaban J connectivity index is 2.21. The summed E-state index contributed by atoms with van der Waals surface area (Å²) in [7, 11) is 0. The van der Waals surface area contributed by atoms with E-state index in [0.29, 0.717) is 0 Å². The van der Waals surface area contributed by atoms with Gasteiger partial charge in [-0.3, -0.25) is 0 Å². The van der Waals surface area contributed by atoms with Crippen molar-refractivity contribution in [1.82, 2.24) is 0 Å². The summed E-state index contributed by atoms with van der Waals surface area (Å²) in [6, 6.07) is 13.2. The van der Waals surface area contributed by atoms with Crippen LogP contribution in [0.3, 0.4) is 0 Å². The van der Waals surface area contributed by atoms with E-state index >= 15 is 0 Å². The van der Waals surface area contributed by atoms with Crippen LogP contribution < -0.4 is 0 Å². The highest BCUT2D eigenvalue weighted by Crippen LogP contribution is 2.46. The molecule has 0 amide bonds. The van der Waals surface area contributed by atoms with Gasteiger partial charge in [0.05, 0.1) is 5.56 Å². The summed E-state index contributed by atoms with van der Waals surface area (Å²) in [6.07, 6.45) is 4.18. The molecule has 1 aliphatic rings. The normalized spacial score (nSPS) is 12.8. The van der Waals surface area contributed by atoms with E-state index in [1.165, 1.54) is 31.8 Å². The minimum atomic E-state index is 0.858. The predicted molar refractivity (Wildman–Crippen MR) is 91.2 cm³/mol. The van der Waals surface area contributed by atoms with E-state index in [-0.39, 0.29) is 0 Å². The van der Waals surface area contributed by atoms with Gasteiger partial charge in [-0.15, -0.1) is 23.1 Å². The van der Waals surface area contributed by atoms with Gasteiger partial charge < -0.3 is 0 Å². The lowest BCUT2D eigenvalue weighted by atomic mass is 9.84. The van der Waals surface area contributed by atoms with Gasteiger partial charge in [-0.25, -0.2) is 0 Å². The van der Waals surface area contributed by atoms with E-state index in [2.05, 4.69) is 48.0 Å². The average Bonchev–Trinajstić information content (AvgIpc) is 3.02. The molecule has 2 aromatic carbocycles. The fourth-order valence-corrected chi connectivity index (χ4v) is 5.12. The average molecular weight is 307 g/mol. The maximum Gasteiger partial charge on any atom is 0.101 e. The summed E-state index contributed by atoms with van der Waals surface area (Å²) in [5, 5.41) is 12.8. The monoisotopic (exact) mass is 307 g/mol. The van der Waals surface area contributed by atoms with Gasteiger partial charge in [-0.2, -0.15) is 5.26 Å². The Morgan fingerprint density at radius 3 is 2.86 bits per heavy atom. The first-order valence-electron chi connectivity index (χ1n) is 6.93. The maximum atomic E-state index is 9.60. The minimum Gasteiger partial charge on any atom is -0.192 e. The molecule has 21 heavy (non-hydrogen) atoms. The molecule has 0 saturated heterocycles. The lowest BCUT2D eigenvalue weighted by Crippen LogP contribution is -2.06. The molecule has 0 fully saturated rings. The molecule has 102 valence electrons. The second-order valence-electron chi connectivity index (χ2n) is 5.19. The van der Waals surface area contributed by atoms with Crippen LogP contribution in [0.4, 0.5) is 0 Å². The highest BCUT2D eigenvalue weighted by atomic mass is 32.2. The van der Waals surface area contributed by atoms with Crippen molar-refractivity contribution in [3.05, 3.63) is 52.4 Å². The molecular weight excluding hydrogens is 294 g/mol. The number of nitrogens with zero attached hydrogens (tertiary/aromatic N) is 1. The lowest BCUT2D eigenvalue weighted by Gasteiger charge is -2.23. The fraction of sp³-hybridized carbons (Fsp3) is 0.167. The zero-order valence-corrected chi connectivity index (χ0v) is 13.3. The van der Waals surface area contributed by atoms with Crippen molar-refractivity contribution < 1.29 is 0 Å². The van der Waals surface area contributed by atoms with E-state index in [0.717, 1.165) is 23.8 Å². The zero-order chi connectivity index (χ0) is 14.4. The molecule has 0 unspecified atom stereocenters. The maximum absolute atomic E-state index is 9.60. The summed E-state index contributed by atoms with van der Waals surface area (Å²) in [6.45, 7) is 0. The topological polar surface area (TPSA) is 23.8 Å². The van der Waals surface area contributed by atoms with Crippen molar-refractivity contribution in [3.63, 3.8) is 0 Å². The Morgan fingerprint density at radius 2 is 2.05 bits per heavy atom. The Kier molecular flexibility index (Phi) is 3.02. The van der Waals surface area contributed by atoms with Gasteiger partial charge in [-0.05, 0) is 47.2 Å². The van der Waals surface area contributed by atoms with Gasteiger partial charge in [-0.1, -0.05) is 24.3 Å².